The molecule has 3 N–H and O–H groups in total. The number of likely N-dealkylation sites (tertiary alicyclic amines) is 1. The molecule has 1 fully saturated rings. The lowest BCUT2D eigenvalue weighted by Crippen LogP contribution is -2.60. The second-order valence-electron chi connectivity index (χ2n) is 8.47. The molecule has 0 aliphatic carbocycles. The summed E-state index contributed by atoms with van der Waals surface area (Å²) in [5, 5.41) is 19.1. The van der Waals surface area contributed by atoms with E-state index in [-0.39, 0.29) is 24.3 Å². The Morgan fingerprint density at radius 2 is 2.03 bits per heavy atom. The van der Waals surface area contributed by atoms with Crippen LogP contribution in [0.3, 0.4) is 0 Å². The van der Waals surface area contributed by atoms with Gasteiger partial charge in [-0.15, -0.1) is 0 Å². The van der Waals surface area contributed by atoms with Crippen molar-refractivity contribution in [2.24, 2.45) is 5.41 Å². The summed E-state index contributed by atoms with van der Waals surface area (Å²) >= 11 is 0. The van der Waals surface area contributed by atoms with Crippen LogP contribution in [0, 0.1) is 16.7 Å². The summed E-state index contributed by atoms with van der Waals surface area (Å²) in [5.41, 5.74) is 6.95. The van der Waals surface area contributed by atoms with Gasteiger partial charge in [0.05, 0.1) is 11.6 Å². The van der Waals surface area contributed by atoms with E-state index in [2.05, 4.69) is 11.1 Å². The minimum atomic E-state index is -1.53. The van der Waals surface area contributed by atoms with Crippen molar-refractivity contribution in [3.63, 3.8) is 0 Å². The van der Waals surface area contributed by atoms with Crippen molar-refractivity contribution in [3.8, 4) is 22.9 Å². The fourth-order valence-corrected chi connectivity index (χ4v) is 3.91. The molecule has 1 amide bonds. The molecule has 3 rings (SSSR count). The number of benzene rings is 1. The van der Waals surface area contributed by atoms with E-state index in [1.807, 2.05) is 0 Å². The van der Waals surface area contributed by atoms with Crippen LogP contribution in [0.15, 0.2) is 36.5 Å². The zero-order valence-electron chi connectivity index (χ0n) is 17.2. The molecule has 0 saturated carbocycles. The molecule has 1 aliphatic heterocycles. The number of hydrogen-bond acceptors (Lipinski definition) is 5. The average molecular weight is 412 g/mol. The zero-order valence-corrected chi connectivity index (χ0v) is 17.2. The maximum absolute atomic E-state index is 15.4. The Bertz CT molecular complexity index is 983. The molecule has 1 unspecified atom stereocenters. The molecule has 1 saturated heterocycles. The van der Waals surface area contributed by atoms with E-state index < -0.39 is 29.8 Å². The number of nitrogen functional groups attached to an aromatic ring is 1. The number of carboxylic acid groups (broad SMARTS) is 1. The van der Waals surface area contributed by atoms with Crippen LogP contribution in [0.1, 0.15) is 32.8 Å². The predicted octanol–water partition coefficient (Wildman–Crippen LogP) is 4.09. The number of carbonyl (C=O) groups is 1. The number of ether oxygens (including phenoxy) is 1. The monoisotopic (exact) mass is 412 g/mol. The molecule has 0 spiro atoms. The summed E-state index contributed by atoms with van der Waals surface area (Å²) in [6.45, 7) is 5.58. The number of aromatic nitrogens is 1. The highest BCUT2D eigenvalue weighted by Gasteiger charge is 2.47. The lowest BCUT2D eigenvalue weighted by atomic mass is 9.78. The van der Waals surface area contributed by atoms with E-state index in [4.69, 9.17) is 10.5 Å². The van der Waals surface area contributed by atoms with Crippen molar-refractivity contribution in [2.45, 2.75) is 45.5 Å². The lowest BCUT2D eigenvalue weighted by molar-refractivity contribution is -0.0513. The third kappa shape index (κ3) is 4.30. The summed E-state index contributed by atoms with van der Waals surface area (Å²) in [6.07, 6.45) is -1.74. The quantitative estimate of drug-likeness (QED) is 0.785. The number of piperidine rings is 1. The topological polar surface area (TPSA) is 112 Å². The van der Waals surface area contributed by atoms with Crippen molar-refractivity contribution in [1.29, 1.82) is 5.26 Å². The molecular formula is C22H25FN4O3. The van der Waals surface area contributed by atoms with Crippen LogP contribution in [0.25, 0.3) is 11.1 Å². The van der Waals surface area contributed by atoms with Crippen molar-refractivity contribution in [1.82, 2.24) is 9.88 Å². The molecule has 30 heavy (non-hydrogen) atoms. The Kier molecular flexibility index (Phi) is 5.83. The van der Waals surface area contributed by atoms with Crippen LogP contribution in [0.4, 0.5) is 15.0 Å². The van der Waals surface area contributed by atoms with Crippen LogP contribution >= 0.6 is 0 Å². The van der Waals surface area contributed by atoms with Gasteiger partial charge in [0.15, 0.2) is 6.17 Å². The first-order valence-electron chi connectivity index (χ1n) is 9.68. The number of rotatable bonds is 3. The van der Waals surface area contributed by atoms with Gasteiger partial charge in [-0.25, -0.2) is 14.2 Å². The summed E-state index contributed by atoms with van der Waals surface area (Å²) in [6, 6.07) is 9.78. The molecule has 1 aliphatic rings. The van der Waals surface area contributed by atoms with E-state index in [0.717, 1.165) is 16.0 Å². The molecule has 8 heteroatoms. The van der Waals surface area contributed by atoms with Gasteiger partial charge in [0, 0.05) is 19.2 Å². The van der Waals surface area contributed by atoms with Crippen LogP contribution in [-0.4, -0.2) is 45.9 Å². The fourth-order valence-electron chi connectivity index (χ4n) is 3.91. The van der Waals surface area contributed by atoms with Gasteiger partial charge in [0.2, 0.25) is 0 Å². The number of alkyl halides is 1. The Morgan fingerprint density at radius 3 is 2.63 bits per heavy atom. The predicted molar refractivity (Wildman–Crippen MR) is 111 cm³/mol. The van der Waals surface area contributed by atoms with Gasteiger partial charge < -0.3 is 20.5 Å². The van der Waals surface area contributed by atoms with Gasteiger partial charge in [-0.1, -0.05) is 26.8 Å². The highest BCUT2D eigenvalue weighted by Crippen LogP contribution is 2.36. The third-order valence-electron chi connectivity index (χ3n) is 5.27. The van der Waals surface area contributed by atoms with Gasteiger partial charge in [-0.05, 0) is 40.8 Å². The highest BCUT2D eigenvalue weighted by atomic mass is 19.1. The molecule has 1 aromatic carbocycles. The minimum absolute atomic E-state index is 0.165. The van der Waals surface area contributed by atoms with Gasteiger partial charge in [0.25, 0.3) is 0 Å². The van der Waals surface area contributed by atoms with E-state index in [9.17, 15) is 15.2 Å². The number of anilines is 1. The highest BCUT2D eigenvalue weighted by molar-refractivity contribution is 5.69. The van der Waals surface area contributed by atoms with Crippen LogP contribution in [0.2, 0.25) is 0 Å². The van der Waals surface area contributed by atoms with Gasteiger partial charge >= 0.3 is 6.09 Å². The number of halogens is 1. The van der Waals surface area contributed by atoms with E-state index in [1.165, 1.54) is 0 Å². The van der Waals surface area contributed by atoms with Crippen molar-refractivity contribution in [3.05, 3.63) is 42.1 Å². The second kappa shape index (κ2) is 8.19. The fraction of sp³-hybridized carbons (Fsp3) is 0.409. The lowest BCUT2D eigenvalue weighted by Gasteiger charge is -2.46. The average Bonchev–Trinajstić information content (AvgIpc) is 2.68. The number of amides is 1. The number of hydrogen-bond donors (Lipinski definition) is 2. The van der Waals surface area contributed by atoms with Gasteiger partial charge in [-0.2, -0.15) is 5.26 Å². The molecule has 3 atom stereocenters. The van der Waals surface area contributed by atoms with Crippen molar-refractivity contribution < 1.29 is 19.0 Å². The number of pyridine rings is 1. The molecule has 0 bridgehead atoms. The Labute approximate surface area is 174 Å². The Morgan fingerprint density at radius 1 is 1.33 bits per heavy atom. The molecule has 0 radical (unpaired) electrons. The first-order chi connectivity index (χ1) is 14.1. The van der Waals surface area contributed by atoms with E-state index >= 15 is 4.39 Å². The molecule has 7 nitrogen and oxygen atoms in total. The second-order valence-corrected chi connectivity index (χ2v) is 8.47. The summed E-state index contributed by atoms with van der Waals surface area (Å²) in [7, 11) is 0. The largest absolute Gasteiger partial charge is 0.486 e. The molecular weight excluding hydrogens is 387 g/mol. The number of nitrogens with two attached hydrogens (primary N) is 1. The molecule has 2 heterocycles. The normalized spacial score (nSPS) is 21.7. The van der Waals surface area contributed by atoms with Gasteiger partial charge in [0.1, 0.15) is 23.7 Å². The zero-order chi connectivity index (χ0) is 22.1. The van der Waals surface area contributed by atoms with Crippen LogP contribution in [-0.2, 0) is 0 Å². The Balaban J connectivity index is 1.87. The minimum Gasteiger partial charge on any atom is -0.486 e. The summed E-state index contributed by atoms with van der Waals surface area (Å²) in [4.78, 5) is 16.7. The maximum atomic E-state index is 15.4. The van der Waals surface area contributed by atoms with Crippen LogP contribution in [0.5, 0.6) is 5.75 Å². The van der Waals surface area contributed by atoms with E-state index in [1.54, 1.807) is 57.3 Å². The maximum Gasteiger partial charge on any atom is 0.407 e. The van der Waals surface area contributed by atoms with Gasteiger partial charge in [-0.3, -0.25) is 0 Å². The third-order valence-corrected chi connectivity index (χ3v) is 5.27. The molecule has 2 aromatic rings. The number of nitriles is 1. The first-order valence-corrected chi connectivity index (χ1v) is 9.68. The SMILES string of the molecule is CC(C)(C)C1[C@@H](F)[C@@H](Oc2ccc(-c3ccnc(N)c3)cc2C#N)CCN1C(=O)O. The van der Waals surface area contributed by atoms with Crippen molar-refractivity contribution in [2.75, 3.05) is 12.3 Å². The van der Waals surface area contributed by atoms with E-state index in [0.29, 0.717) is 5.82 Å². The smallest absolute Gasteiger partial charge is 0.407 e. The molecule has 1 aromatic heterocycles. The van der Waals surface area contributed by atoms with Crippen LogP contribution < -0.4 is 10.5 Å². The van der Waals surface area contributed by atoms with Crippen molar-refractivity contribution >= 4 is 11.9 Å². The Hall–Kier alpha value is -3.34. The summed E-state index contributed by atoms with van der Waals surface area (Å²) in [5.74, 6) is 0.636. The first kappa shape index (κ1) is 21.4. The standard InChI is InChI=1S/C22H25FN4O3/c1-22(2,3)20-19(23)17(7-9-27(20)21(28)29)30-16-5-4-13(10-15(16)12-24)14-6-8-26-18(25)11-14/h4-6,8,10-11,17,19-20H,7,9H2,1-3H3,(H2,25,26)(H,28,29)/t17-,19-,20?/m0/s1. The number of nitrogens with zero attached hydrogens (tertiary/aromatic N) is 3. The molecule has 158 valence electrons. The summed E-state index contributed by atoms with van der Waals surface area (Å²) < 4.78 is 21.3.